The van der Waals surface area contributed by atoms with Crippen molar-refractivity contribution < 1.29 is 13.2 Å². The van der Waals surface area contributed by atoms with Crippen molar-refractivity contribution in [2.45, 2.75) is 51.4 Å². The molecular formula is C15H23F3N2S. The van der Waals surface area contributed by atoms with Gasteiger partial charge < -0.3 is 5.73 Å². The summed E-state index contributed by atoms with van der Waals surface area (Å²) in [6.07, 6.45) is -2.53. The molecule has 2 N–H and O–H groups in total. The number of hydrogen-bond acceptors (Lipinski definition) is 3. The van der Waals surface area contributed by atoms with Crippen molar-refractivity contribution in [1.82, 2.24) is 4.90 Å². The van der Waals surface area contributed by atoms with Crippen LogP contribution in [0.4, 0.5) is 13.2 Å². The van der Waals surface area contributed by atoms with E-state index in [0.717, 1.165) is 16.9 Å². The summed E-state index contributed by atoms with van der Waals surface area (Å²) < 4.78 is 39.1. The van der Waals surface area contributed by atoms with Crippen LogP contribution in [0.15, 0.2) is 11.4 Å². The highest BCUT2D eigenvalue weighted by Crippen LogP contribution is 2.39. The number of thiophene rings is 1. The van der Waals surface area contributed by atoms with Crippen molar-refractivity contribution in [2.75, 3.05) is 13.1 Å². The average molecular weight is 320 g/mol. The number of alkyl halides is 3. The SMILES string of the molecule is CCC(N)C(c1sccc1C)N1CCCC(C(F)(F)F)C1. The molecule has 6 heteroatoms. The number of likely N-dealkylation sites (tertiary alicyclic amines) is 1. The van der Waals surface area contributed by atoms with Crippen molar-refractivity contribution in [1.29, 1.82) is 0 Å². The number of halogens is 3. The molecule has 0 spiro atoms. The first kappa shape index (κ1) is 16.8. The van der Waals surface area contributed by atoms with Gasteiger partial charge in [0, 0.05) is 17.5 Å². The predicted molar refractivity (Wildman–Crippen MR) is 80.4 cm³/mol. The molecule has 21 heavy (non-hydrogen) atoms. The summed E-state index contributed by atoms with van der Waals surface area (Å²) in [7, 11) is 0. The molecule has 1 aliphatic rings. The number of aryl methyl sites for hydroxylation is 1. The summed E-state index contributed by atoms with van der Waals surface area (Å²) in [5, 5.41) is 1.99. The van der Waals surface area contributed by atoms with Crippen LogP contribution in [0.5, 0.6) is 0 Å². The Morgan fingerprint density at radius 1 is 1.48 bits per heavy atom. The molecule has 0 aromatic carbocycles. The zero-order valence-corrected chi connectivity index (χ0v) is 13.3. The fraction of sp³-hybridized carbons (Fsp3) is 0.733. The minimum absolute atomic E-state index is 0.0687. The lowest BCUT2D eigenvalue weighted by atomic mass is 9.92. The molecule has 1 aromatic heterocycles. The van der Waals surface area contributed by atoms with E-state index in [-0.39, 0.29) is 25.0 Å². The van der Waals surface area contributed by atoms with Gasteiger partial charge in [0.2, 0.25) is 0 Å². The molecule has 2 nitrogen and oxygen atoms in total. The quantitative estimate of drug-likeness (QED) is 0.904. The van der Waals surface area contributed by atoms with E-state index in [1.807, 2.05) is 30.2 Å². The summed E-state index contributed by atoms with van der Waals surface area (Å²) in [6, 6.07) is 1.79. The van der Waals surface area contributed by atoms with Crippen LogP contribution in [-0.4, -0.2) is 30.2 Å². The summed E-state index contributed by atoms with van der Waals surface area (Å²) >= 11 is 1.60. The first-order valence-electron chi connectivity index (χ1n) is 7.45. The van der Waals surface area contributed by atoms with Gasteiger partial charge in [-0.05, 0) is 49.7 Å². The summed E-state index contributed by atoms with van der Waals surface area (Å²) in [5.74, 6) is -1.22. The lowest BCUT2D eigenvalue weighted by Gasteiger charge is -2.41. The van der Waals surface area contributed by atoms with E-state index in [4.69, 9.17) is 5.73 Å². The molecule has 2 rings (SSSR count). The van der Waals surface area contributed by atoms with E-state index in [0.29, 0.717) is 13.0 Å². The van der Waals surface area contributed by atoms with E-state index in [1.54, 1.807) is 11.3 Å². The smallest absolute Gasteiger partial charge is 0.326 e. The predicted octanol–water partition coefficient (Wildman–Crippen LogP) is 4.11. The van der Waals surface area contributed by atoms with Crippen LogP contribution >= 0.6 is 11.3 Å². The number of nitrogens with zero attached hydrogens (tertiary/aromatic N) is 1. The Morgan fingerprint density at radius 3 is 2.71 bits per heavy atom. The Hall–Kier alpha value is -0.590. The molecule has 1 aromatic rings. The lowest BCUT2D eigenvalue weighted by Crippen LogP contribution is -2.48. The zero-order valence-electron chi connectivity index (χ0n) is 12.5. The average Bonchev–Trinajstić information content (AvgIpc) is 2.84. The van der Waals surface area contributed by atoms with Crippen LogP contribution in [0.3, 0.4) is 0 Å². The number of rotatable bonds is 4. The fourth-order valence-corrected chi connectivity index (χ4v) is 4.20. The van der Waals surface area contributed by atoms with E-state index in [1.165, 1.54) is 0 Å². The summed E-state index contributed by atoms with van der Waals surface area (Å²) in [6.45, 7) is 4.76. The Kier molecular flexibility index (Phi) is 5.33. The van der Waals surface area contributed by atoms with Gasteiger partial charge in [-0.2, -0.15) is 13.2 Å². The highest BCUT2D eigenvalue weighted by atomic mass is 32.1. The van der Waals surface area contributed by atoms with Crippen LogP contribution in [0.25, 0.3) is 0 Å². The molecule has 0 radical (unpaired) electrons. The molecule has 0 amide bonds. The van der Waals surface area contributed by atoms with Gasteiger partial charge >= 0.3 is 6.18 Å². The molecule has 0 bridgehead atoms. The van der Waals surface area contributed by atoms with Gasteiger partial charge in [0.05, 0.1) is 12.0 Å². The van der Waals surface area contributed by atoms with Crippen LogP contribution in [0.2, 0.25) is 0 Å². The van der Waals surface area contributed by atoms with Gasteiger partial charge in [-0.1, -0.05) is 6.92 Å². The van der Waals surface area contributed by atoms with Gasteiger partial charge in [0.15, 0.2) is 0 Å². The fourth-order valence-electron chi connectivity index (χ4n) is 3.07. The lowest BCUT2D eigenvalue weighted by molar-refractivity contribution is -0.189. The van der Waals surface area contributed by atoms with Crippen molar-refractivity contribution >= 4 is 11.3 Å². The normalized spacial score (nSPS) is 24.0. The topological polar surface area (TPSA) is 29.3 Å². The Morgan fingerprint density at radius 2 is 2.19 bits per heavy atom. The second-order valence-corrected chi connectivity index (χ2v) is 6.81. The zero-order chi connectivity index (χ0) is 15.6. The minimum atomic E-state index is -4.11. The Bertz CT molecular complexity index is 458. The van der Waals surface area contributed by atoms with Gasteiger partial charge in [-0.3, -0.25) is 4.90 Å². The van der Waals surface area contributed by atoms with Crippen LogP contribution in [0, 0.1) is 12.8 Å². The van der Waals surface area contributed by atoms with Crippen molar-refractivity contribution in [3.63, 3.8) is 0 Å². The maximum absolute atomic E-state index is 13.0. The first-order chi connectivity index (χ1) is 9.84. The molecular weight excluding hydrogens is 297 g/mol. The van der Waals surface area contributed by atoms with E-state index in [9.17, 15) is 13.2 Å². The molecule has 3 atom stereocenters. The second-order valence-electron chi connectivity index (χ2n) is 5.86. The molecule has 1 saturated heterocycles. The third kappa shape index (κ3) is 3.79. The number of hydrogen-bond donors (Lipinski definition) is 1. The molecule has 120 valence electrons. The highest BCUT2D eigenvalue weighted by Gasteiger charge is 2.43. The third-order valence-electron chi connectivity index (χ3n) is 4.36. The van der Waals surface area contributed by atoms with Gasteiger partial charge in [-0.15, -0.1) is 11.3 Å². The molecule has 2 heterocycles. The highest BCUT2D eigenvalue weighted by molar-refractivity contribution is 7.10. The van der Waals surface area contributed by atoms with E-state index in [2.05, 4.69) is 0 Å². The standard InChI is InChI=1S/C15H23F3N2S/c1-3-12(19)13(14-10(2)6-8-21-14)20-7-4-5-11(9-20)15(16,17)18/h6,8,11-13H,3-5,7,9,19H2,1-2H3. The van der Waals surface area contributed by atoms with Crippen molar-refractivity contribution in [3.8, 4) is 0 Å². The summed E-state index contributed by atoms with van der Waals surface area (Å²) in [5.41, 5.74) is 7.37. The number of piperidine rings is 1. The second kappa shape index (κ2) is 6.67. The molecule has 0 aliphatic carbocycles. The first-order valence-corrected chi connectivity index (χ1v) is 8.32. The minimum Gasteiger partial charge on any atom is -0.326 e. The van der Waals surface area contributed by atoms with E-state index >= 15 is 0 Å². The van der Waals surface area contributed by atoms with Crippen LogP contribution in [0.1, 0.15) is 42.7 Å². The van der Waals surface area contributed by atoms with Gasteiger partial charge in [-0.25, -0.2) is 0 Å². The maximum atomic E-state index is 13.0. The van der Waals surface area contributed by atoms with Gasteiger partial charge in [0.25, 0.3) is 0 Å². The maximum Gasteiger partial charge on any atom is 0.393 e. The molecule has 3 unspecified atom stereocenters. The van der Waals surface area contributed by atoms with Gasteiger partial charge in [0.1, 0.15) is 0 Å². The molecule has 1 fully saturated rings. The largest absolute Gasteiger partial charge is 0.393 e. The van der Waals surface area contributed by atoms with Crippen molar-refractivity contribution in [3.05, 3.63) is 21.9 Å². The van der Waals surface area contributed by atoms with E-state index < -0.39 is 12.1 Å². The molecule has 1 aliphatic heterocycles. The van der Waals surface area contributed by atoms with Crippen molar-refractivity contribution in [2.24, 2.45) is 11.7 Å². The third-order valence-corrected chi connectivity index (χ3v) is 5.45. The Balaban J connectivity index is 2.23. The monoisotopic (exact) mass is 320 g/mol. The number of nitrogens with two attached hydrogens (primary N) is 1. The Labute approximate surface area is 128 Å². The van der Waals surface area contributed by atoms with Crippen LogP contribution in [-0.2, 0) is 0 Å². The molecule has 0 saturated carbocycles. The summed E-state index contributed by atoms with van der Waals surface area (Å²) in [4.78, 5) is 3.07. The van der Waals surface area contributed by atoms with Crippen LogP contribution < -0.4 is 5.73 Å².